The molecule has 2 fully saturated rings. The van der Waals surface area contributed by atoms with Crippen LogP contribution in [0, 0.1) is 5.41 Å². The number of hydrogen-bond acceptors (Lipinski definition) is 4. The molecule has 1 saturated carbocycles. The number of benzene rings is 1. The molecule has 1 spiro atoms. The SMILES string of the molecule is CC1CC2(CO1)CC(NC(=O)C(=O)N(C)Cc1cccc(N(C)C)c1)C2. The fourth-order valence-corrected chi connectivity index (χ4v) is 4.12. The minimum atomic E-state index is -0.511. The van der Waals surface area contributed by atoms with Crippen molar-refractivity contribution >= 4 is 17.5 Å². The maximum Gasteiger partial charge on any atom is 0.311 e. The van der Waals surface area contributed by atoms with E-state index in [4.69, 9.17) is 4.74 Å². The molecule has 1 heterocycles. The van der Waals surface area contributed by atoms with Gasteiger partial charge in [-0.05, 0) is 43.9 Å². The fourth-order valence-electron chi connectivity index (χ4n) is 4.12. The van der Waals surface area contributed by atoms with Crippen LogP contribution in [0.5, 0.6) is 0 Å². The molecule has 1 atom stereocenters. The molecule has 0 radical (unpaired) electrons. The summed E-state index contributed by atoms with van der Waals surface area (Å²) in [5.41, 5.74) is 2.29. The Kier molecular flexibility index (Phi) is 5.23. The molecule has 0 bridgehead atoms. The lowest BCUT2D eigenvalue weighted by atomic mass is 9.64. The molecule has 1 aromatic rings. The van der Waals surface area contributed by atoms with Crippen LogP contribution in [0.3, 0.4) is 0 Å². The van der Waals surface area contributed by atoms with Gasteiger partial charge in [-0.15, -0.1) is 0 Å². The molecular weight excluding hydrogens is 330 g/mol. The van der Waals surface area contributed by atoms with E-state index in [0.717, 1.165) is 37.1 Å². The Bertz CT molecular complexity index is 683. The van der Waals surface area contributed by atoms with Gasteiger partial charge in [-0.2, -0.15) is 0 Å². The number of amides is 2. The highest BCUT2D eigenvalue weighted by atomic mass is 16.5. The lowest BCUT2D eigenvalue weighted by Crippen LogP contribution is -2.54. The minimum Gasteiger partial charge on any atom is -0.378 e. The van der Waals surface area contributed by atoms with Gasteiger partial charge < -0.3 is 19.9 Å². The van der Waals surface area contributed by atoms with E-state index in [0.29, 0.717) is 12.6 Å². The van der Waals surface area contributed by atoms with Crippen molar-refractivity contribution < 1.29 is 14.3 Å². The molecule has 3 rings (SSSR count). The number of hydrogen-bond donors (Lipinski definition) is 1. The average Bonchev–Trinajstić information content (AvgIpc) is 2.95. The van der Waals surface area contributed by atoms with Crippen molar-refractivity contribution in [3.05, 3.63) is 29.8 Å². The van der Waals surface area contributed by atoms with Gasteiger partial charge in [-0.25, -0.2) is 0 Å². The first-order valence-electron chi connectivity index (χ1n) is 9.22. The summed E-state index contributed by atoms with van der Waals surface area (Å²) >= 11 is 0. The van der Waals surface area contributed by atoms with E-state index in [2.05, 4.69) is 12.2 Å². The van der Waals surface area contributed by atoms with E-state index in [1.165, 1.54) is 4.90 Å². The lowest BCUT2D eigenvalue weighted by Gasteiger charge is -2.44. The zero-order chi connectivity index (χ0) is 18.9. The second-order valence-corrected chi connectivity index (χ2v) is 8.13. The third-order valence-corrected chi connectivity index (χ3v) is 5.48. The Morgan fingerprint density at radius 1 is 1.23 bits per heavy atom. The summed E-state index contributed by atoms with van der Waals surface area (Å²) in [6.45, 7) is 3.27. The number of carbonyl (C=O) groups excluding carboxylic acids is 2. The predicted molar refractivity (Wildman–Crippen MR) is 101 cm³/mol. The van der Waals surface area contributed by atoms with E-state index in [-0.39, 0.29) is 11.5 Å². The molecule has 2 amide bonds. The number of likely N-dealkylation sites (N-methyl/N-ethyl adjacent to an activating group) is 1. The van der Waals surface area contributed by atoms with Crippen LogP contribution >= 0.6 is 0 Å². The van der Waals surface area contributed by atoms with Crippen LogP contribution in [-0.4, -0.2) is 56.6 Å². The maximum atomic E-state index is 12.4. The number of nitrogens with one attached hydrogen (secondary N) is 1. The molecule has 6 nitrogen and oxygen atoms in total. The van der Waals surface area contributed by atoms with Gasteiger partial charge in [0.05, 0.1) is 12.7 Å². The Morgan fingerprint density at radius 2 is 1.96 bits per heavy atom. The van der Waals surface area contributed by atoms with E-state index >= 15 is 0 Å². The molecule has 1 N–H and O–H groups in total. The molecular formula is C20H29N3O3. The normalized spacial score (nSPS) is 27.1. The molecule has 1 saturated heterocycles. The van der Waals surface area contributed by atoms with Gasteiger partial charge in [0.2, 0.25) is 0 Å². The van der Waals surface area contributed by atoms with Crippen LogP contribution in [-0.2, 0) is 20.9 Å². The maximum absolute atomic E-state index is 12.4. The van der Waals surface area contributed by atoms with Crippen LogP contribution in [0.4, 0.5) is 5.69 Å². The highest BCUT2D eigenvalue weighted by molar-refractivity contribution is 6.35. The highest BCUT2D eigenvalue weighted by Gasteiger charge is 2.49. The van der Waals surface area contributed by atoms with Gasteiger partial charge in [0.15, 0.2) is 0 Å². The van der Waals surface area contributed by atoms with Crippen molar-refractivity contribution in [3.8, 4) is 0 Å². The third kappa shape index (κ3) is 4.01. The number of carbonyl (C=O) groups is 2. The lowest BCUT2D eigenvalue weighted by molar-refractivity contribution is -0.146. The predicted octanol–water partition coefficient (Wildman–Crippen LogP) is 1.78. The summed E-state index contributed by atoms with van der Waals surface area (Å²) in [6, 6.07) is 8.05. The molecule has 26 heavy (non-hydrogen) atoms. The van der Waals surface area contributed by atoms with Crippen LogP contribution in [0.25, 0.3) is 0 Å². The number of nitrogens with zero attached hydrogens (tertiary/aromatic N) is 2. The van der Waals surface area contributed by atoms with E-state index < -0.39 is 11.8 Å². The first-order chi connectivity index (χ1) is 12.3. The van der Waals surface area contributed by atoms with E-state index in [9.17, 15) is 9.59 Å². The van der Waals surface area contributed by atoms with Crippen molar-refractivity contribution in [2.45, 2.75) is 44.9 Å². The first-order valence-corrected chi connectivity index (χ1v) is 9.22. The molecule has 1 aliphatic heterocycles. The second-order valence-electron chi connectivity index (χ2n) is 8.13. The monoisotopic (exact) mass is 359 g/mol. The van der Waals surface area contributed by atoms with Gasteiger partial charge >= 0.3 is 11.8 Å². The third-order valence-electron chi connectivity index (χ3n) is 5.48. The van der Waals surface area contributed by atoms with E-state index in [1.54, 1.807) is 7.05 Å². The van der Waals surface area contributed by atoms with Crippen molar-refractivity contribution in [3.63, 3.8) is 0 Å². The van der Waals surface area contributed by atoms with Gasteiger partial charge in [-0.1, -0.05) is 12.1 Å². The summed E-state index contributed by atoms with van der Waals surface area (Å²) < 4.78 is 5.65. The Morgan fingerprint density at radius 3 is 2.58 bits per heavy atom. The smallest absolute Gasteiger partial charge is 0.311 e. The standard InChI is InChI=1S/C20H29N3O3/c1-14-9-20(13-26-14)10-16(11-20)21-18(24)19(25)23(4)12-15-6-5-7-17(8-15)22(2)3/h5-8,14,16H,9-13H2,1-4H3,(H,21,24). The summed E-state index contributed by atoms with van der Waals surface area (Å²) in [7, 11) is 5.62. The van der Waals surface area contributed by atoms with Crippen LogP contribution in [0.2, 0.25) is 0 Å². The fraction of sp³-hybridized carbons (Fsp3) is 0.600. The number of anilines is 1. The zero-order valence-corrected chi connectivity index (χ0v) is 16.1. The highest BCUT2D eigenvalue weighted by Crippen LogP contribution is 2.49. The van der Waals surface area contributed by atoms with Gasteiger partial charge in [0.1, 0.15) is 0 Å². The Labute approximate surface area is 155 Å². The van der Waals surface area contributed by atoms with Crippen LogP contribution in [0.1, 0.15) is 31.7 Å². The Hall–Kier alpha value is -2.08. The van der Waals surface area contributed by atoms with Crippen molar-refractivity contribution in [1.29, 1.82) is 0 Å². The summed E-state index contributed by atoms with van der Waals surface area (Å²) in [5, 5.41) is 2.88. The van der Waals surface area contributed by atoms with Crippen molar-refractivity contribution in [2.24, 2.45) is 5.41 Å². The van der Waals surface area contributed by atoms with Crippen molar-refractivity contribution in [1.82, 2.24) is 10.2 Å². The summed E-state index contributed by atoms with van der Waals surface area (Å²) in [5.74, 6) is -1.000. The number of rotatable bonds is 4. The molecule has 142 valence electrons. The van der Waals surface area contributed by atoms with Gasteiger partial charge in [0.25, 0.3) is 0 Å². The Balaban J connectivity index is 1.49. The average molecular weight is 359 g/mol. The molecule has 2 aliphatic rings. The topological polar surface area (TPSA) is 61.9 Å². The largest absolute Gasteiger partial charge is 0.378 e. The molecule has 1 unspecified atom stereocenters. The van der Waals surface area contributed by atoms with Crippen LogP contribution in [0.15, 0.2) is 24.3 Å². The number of ether oxygens (including phenoxy) is 1. The van der Waals surface area contributed by atoms with Gasteiger partial charge in [0, 0.05) is 44.8 Å². The van der Waals surface area contributed by atoms with Crippen molar-refractivity contribution in [2.75, 3.05) is 32.6 Å². The summed E-state index contributed by atoms with van der Waals surface area (Å²) in [6.07, 6.45) is 3.17. The second kappa shape index (κ2) is 7.27. The van der Waals surface area contributed by atoms with Crippen LogP contribution < -0.4 is 10.2 Å². The zero-order valence-electron chi connectivity index (χ0n) is 16.1. The molecule has 1 aromatic carbocycles. The summed E-state index contributed by atoms with van der Waals surface area (Å²) in [4.78, 5) is 28.1. The van der Waals surface area contributed by atoms with Gasteiger partial charge in [-0.3, -0.25) is 9.59 Å². The molecule has 0 aromatic heterocycles. The van der Waals surface area contributed by atoms with E-state index in [1.807, 2.05) is 43.3 Å². The first kappa shape index (κ1) is 18.7. The molecule has 1 aliphatic carbocycles. The minimum absolute atomic E-state index is 0.0887. The molecule has 6 heteroatoms. The quantitative estimate of drug-likeness (QED) is 0.833.